The Labute approximate surface area is 143 Å². The highest BCUT2D eigenvalue weighted by molar-refractivity contribution is 5.87. The molecule has 0 aliphatic carbocycles. The molecule has 1 N–H and O–H groups in total. The number of hydrogen-bond donors (Lipinski definition) is 1. The number of amides is 2. The fraction of sp³-hybridized carbons (Fsp3) is 0.333. The quantitative estimate of drug-likeness (QED) is 0.669. The van der Waals surface area contributed by atoms with Crippen LogP contribution in [-0.2, 0) is 15.8 Å². The number of likely N-dealkylation sites (tertiary alicyclic amines) is 1. The zero-order chi connectivity index (χ0) is 18.4. The lowest BCUT2D eigenvalue weighted by atomic mass is 9.96. The number of halogens is 3. The van der Waals surface area contributed by atoms with E-state index < -0.39 is 11.7 Å². The van der Waals surface area contributed by atoms with Gasteiger partial charge in [-0.3, -0.25) is 9.59 Å². The molecule has 2 amide bonds. The molecule has 0 aromatic heterocycles. The average molecular weight is 350 g/mol. The van der Waals surface area contributed by atoms with Crippen molar-refractivity contribution in [3.05, 3.63) is 48.0 Å². The maximum atomic E-state index is 12.6. The van der Waals surface area contributed by atoms with Gasteiger partial charge in [-0.1, -0.05) is 24.5 Å². The van der Waals surface area contributed by atoms with E-state index in [0.29, 0.717) is 13.1 Å². The predicted octanol–water partition coefficient (Wildman–Crippen LogP) is 2.21. The predicted molar refractivity (Wildman–Crippen MR) is 86.2 cm³/mol. The second-order valence-electron chi connectivity index (χ2n) is 5.67. The summed E-state index contributed by atoms with van der Waals surface area (Å²) in [6, 6.07) is 4.71. The van der Waals surface area contributed by atoms with Gasteiger partial charge < -0.3 is 10.2 Å². The van der Waals surface area contributed by atoms with Gasteiger partial charge in [-0.25, -0.2) is 0 Å². The van der Waals surface area contributed by atoms with Crippen LogP contribution < -0.4 is 5.32 Å². The number of carbonyl (C=O) groups is 2. The highest BCUT2D eigenvalue weighted by Gasteiger charge is 2.31. The number of nitrogens with one attached hydrogen (secondary N) is 1. The standard InChI is InChI=1S/C18H17F3N2O2/c1-2-17(25)23-11-14(12-23)10-16(24)22-8-4-6-13-5-3-7-15(9-13)18(19,20)21/h2-3,5,7,9,14H,1,8,10-12H2,(H,22,24). The Morgan fingerprint density at radius 3 is 2.72 bits per heavy atom. The minimum atomic E-state index is -4.41. The molecule has 2 rings (SSSR count). The first kappa shape index (κ1) is 18.6. The summed E-state index contributed by atoms with van der Waals surface area (Å²) in [6.45, 7) is 4.49. The van der Waals surface area contributed by atoms with E-state index in [-0.39, 0.29) is 36.3 Å². The molecule has 132 valence electrons. The van der Waals surface area contributed by atoms with Crippen LogP contribution in [0.4, 0.5) is 13.2 Å². The third-order valence-electron chi connectivity index (χ3n) is 3.71. The number of nitrogens with zero attached hydrogens (tertiary/aromatic N) is 1. The summed E-state index contributed by atoms with van der Waals surface area (Å²) in [4.78, 5) is 24.6. The molecule has 0 spiro atoms. The van der Waals surface area contributed by atoms with Gasteiger partial charge in [0.25, 0.3) is 0 Å². The topological polar surface area (TPSA) is 49.4 Å². The van der Waals surface area contributed by atoms with E-state index >= 15 is 0 Å². The molecule has 7 heteroatoms. The van der Waals surface area contributed by atoms with Crippen molar-refractivity contribution in [2.24, 2.45) is 5.92 Å². The first-order chi connectivity index (χ1) is 11.8. The van der Waals surface area contributed by atoms with Gasteiger partial charge >= 0.3 is 6.18 Å². The van der Waals surface area contributed by atoms with Crippen molar-refractivity contribution in [1.29, 1.82) is 0 Å². The van der Waals surface area contributed by atoms with Crippen molar-refractivity contribution < 1.29 is 22.8 Å². The van der Waals surface area contributed by atoms with Crippen molar-refractivity contribution >= 4 is 11.8 Å². The van der Waals surface area contributed by atoms with E-state index in [2.05, 4.69) is 23.7 Å². The van der Waals surface area contributed by atoms with Gasteiger partial charge in [0.2, 0.25) is 11.8 Å². The van der Waals surface area contributed by atoms with Gasteiger partial charge in [-0.05, 0) is 24.3 Å². The lowest BCUT2D eigenvalue weighted by molar-refractivity contribution is -0.137. The minimum Gasteiger partial charge on any atom is -0.345 e. The van der Waals surface area contributed by atoms with Crippen molar-refractivity contribution in [2.45, 2.75) is 12.6 Å². The van der Waals surface area contributed by atoms with Crippen LogP contribution in [0.1, 0.15) is 17.5 Å². The van der Waals surface area contributed by atoms with E-state index in [1.807, 2.05) is 0 Å². The molecular weight excluding hydrogens is 333 g/mol. The Kier molecular flexibility index (Phi) is 5.86. The highest BCUT2D eigenvalue weighted by atomic mass is 19.4. The van der Waals surface area contributed by atoms with Gasteiger partial charge in [0.1, 0.15) is 0 Å². The Morgan fingerprint density at radius 2 is 2.08 bits per heavy atom. The van der Waals surface area contributed by atoms with Gasteiger partial charge in [0.05, 0.1) is 12.1 Å². The molecule has 0 bridgehead atoms. The van der Waals surface area contributed by atoms with Crippen LogP contribution >= 0.6 is 0 Å². The van der Waals surface area contributed by atoms with Crippen molar-refractivity contribution in [3.63, 3.8) is 0 Å². The van der Waals surface area contributed by atoms with Crippen LogP contribution in [0, 0.1) is 17.8 Å². The molecule has 0 unspecified atom stereocenters. The lowest BCUT2D eigenvalue weighted by Crippen LogP contribution is -2.50. The summed E-state index contributed by atoms with van der Waals surface area (Å²) in [5.74, 6) is 4.99. The molecule has 1 aromatic carbocycles. The van der Waals surface area contributed by atoms with Gasteiger partial charge in [0, 0.05) is 31.0 Å². The summed E-state index contributed by atoms with van der Waals surface area (Å²) < 4.78 is 37.8. The van der Waals surface area contributed by atoms with E-state index in [0.717, 1.165) is 12.1 Å². The largest absolute Gasteiger partial charge is 0.416 e. The van der Waals surface area contributed by atoms with Gasteiger partial charge in [0.15, 0.2) is 0 Å². The zero-order valence-electron chi connectivity index (χ0n) is 13.4. The van der Waals surface area contributed by atoms with Crippen molar-refractivity contribution in [3.8, 4) is 11.8 Å². The number of alkyl halides is 3. The molecule has 25 heavy (non-hydrogen) atoms. The highest BCUT2D eigenvalue weighted by Crippen LogP contribution is 2.29. The van der Waals surface area contributed by atoms with Crippen LogP contribution in [0.25, 0.3) is 0 Å². The summed E-state index contributed by atoms with van der Waals surface area (Å²) in [5, 5.41) is 2.60. The first-order valence-electron chi connectivity index (χ1n) is 7.63. The van der Waals surface area contributed by atoms with Crippen LogP contribution in [0.5, 0.6) is 0 Å². The molecule has 1 saturated heterocycles. The number of rotatable bonds is 4. The fourth-order valence-corrected chi connectivity index (χ4v) is 2.40. The third-order valence-corrected chi connectivity index (χ3v) is 3.71. The third kappa shape index (κ3) is 5.38. The fourth-order valence-electron chi connectivity index (χ4n) is 2.40. The normalized spacial score (nSPS) is 14.1. The Balaban J connectivity index is 1.75. The van der Waals surface area contributed by atoms with E-state index in [9.17, 15) is 22.8 Å². The van der Waals surface area contributed by atoms with Crippen LogP contribution in [-0.4, -0.2) is 36.3 Å². The second kappa shape index (κ2) is 7.88. The Morgan fingerprint density at radius 1 is 1.36 bits per heavy atom. The average Bonchev–Trinajstić information content (AvgIpc) is 2.53. The molecule has 0 saturated carbocycles. The molecule has 0 atom stereocenters. The van der Waals surface area contributed by atoms with Crippen LogP contribution in [0.2, 0.25) is 0 Å². The molecular formula is C18H17F3N2O2. The SMILES string of the molecule is C=CC(=O)N1CC(CC(=O)NCC#Cc2cccc(C(F)(F)F)c2)C1. The molecule has 4 nitrogen and oxygen atoms in total. The van der Waals surface area contributed by atoms with Gasteiger partial charge in [-0.2, -0.15) is 13.2 Å². The smallest absolute Gasteiger partial charge is 0.345 e. The summed E-state index contributed by atoms with van der Waals surface area (Å²) in [6.07, 6.45) is -2.89. The monoisotopic (exact) mass is 350 g/mol. The van der Waals surface area contributed by atoms with E-state index in [1.54, 1.807) is 4.90 Å². The molecule has 1 heterocycles. The molecule has 1 fully saturated rings. The maximum Gasteiger partial charge on any atom is 0.416 e. The zero-order valence-corrected chi connectivity index (χ0v) is 13.4. The Bertz CT molecular complexity index is 726. The molecule has 1 aliphatic rings. The van der Waals surface area contributed by atoms with Crippen molar-refractivity contribution in [2.75, 3.05) is 19.6 Å². The maximum absolute atomic E-state index is 12.6. The second-order valence-corrected chi connectivity index (χ2v) is 5.67. The summed E-state index contributed by atoms with van der Waals surface area (Å²) >= 11 is 0. The van der Waals surface area contributed by atoms with E-state index in [1.165, 1.54) is 18.2 Å². The number of hydrogen-bond acceptors (Lipinski definition) is 2. The number of carbonyl (C=O) groups excluding carboxylic acids is 2. The molecule has 1 aliphatic heterocycles. The Hall–Kier alpha value is -2.75. The minimum absolute atomic E-state index is 0.0527. The number of benzene rings is 1. The van der Waals surface area contributed by atoms with E-state index in [4.69, 9.17) is 0 Å². The first-order valence-corrected chi connectivity index (χ1v) is 7.63. The van der Waals surface area contributed by atoms with Crippen LogP contribution in [0.15, 0.2) is 36.9 Å². The summed E-state index contributed by atoms with van der Waals surface area (Å²) in [5.41, 5.74) is -0.520. The van der Waals surface area contributed by atoms with Crippen molar-refractivity contribution in [1.82, 2.24) is 10.2 Å². The summed E-state index contributed by atoms with van der Waals surface area (Å²) in [7, 11) is 0. The van der Waals surface area contributed by atoms with Gasteiger partial charge in [-0.15, -0.1) is 0 Å². The lowest BCUT2D eigenvalue weighted by Gasteiger charge is -2.38. The van der Waals surface area contributed by atoms with Crippen LogP contribution in [0.3, 0.4) is 0 Å². The molecule has 0 radical (unpaired) electrons. The molecule has 1 aromatic rings.